The Labute approximate surface area is 85.1 Å². The minimum Gasteiger partial charge on any atom is -0.391 e. The molecule has 0 bridgehead atoms. The van der Waals surface area contributed by atoms with Gasteiger partial charge in [0.15, 0.2) is 0 Å². The zero-order chi connectivity index (χ0) is 10.4. The van der Waals surface area contributed by atoms with Crippen molar-refractivity contribution >= 4 is 5.91 Å². The molecule has 4 heteroatoms. The van der Waals surface area contributed by atoms with E-state index in [-0.39, 0.29) is 18.1 Å². The van der Waals surface area contributed by atoms with Crippen LogP contribution >= 0.6 is 0 Å². The van der Waals surface area contributed by atoms with E-state index in [1.165, 1.54) is 0 Å². The molecule has 0 aliphatic heterocycles. The maximum Gasteiger partial charge on any atom is 0.221 e. The largest absolute Gasteiger partial charge is 0.391 e. The molecule has 1 aliphatic carbocycles. The lowest BCUT2D eigenvalue weighted by Crippen LogP contribution is -2.45. The third-order valence-corrected chi connectivity index (χ3v) is 2.68. The molecule has 1 rings (SSSR count). The number of rotatable bonds is 4. The first-order valence-corrected chi connectivity index (χ1v) is 5.36. The molecule has 0 aromatic rings. The summed E-state index contributed by atoms with van der Waals surface area (Å²) in [6, 6.07) is -0.0203. The summed E-state index contributed by atoms with van der Waals surface area (Å²) >= 11 is 0. The van der Waals surface area contributed by atoms with Crippen molar-refractivity contribution in [2.75, 3.05) is 13.6 Å². The topological polar surface area (TPSA) is 61.4 Å². The Balaban J connectivity index is 2.23. The van der Waals surface area contributed by atoms with Crippen LogP contribution in [-0.4, -0.2) is 36.8 Å². The number of carbonyl (C=O) groups excluding carboxylic acids is 1. The van der Waals surface area contributed by atoms with E-state index in [9.17, 15) is 9.90 Å². The molecule has 0 aromatic carbocycles. The Hall–Kier alpha value is -0.610. The van der Waals surface area contributed by atoms with Crippen molar-refractivity contribution in [3.05, 3.63) is 0 Å². The Morgan fingerprint density at radius 1 is 1.43 bits per heavy atom. The molecule has 0 spiro atoms. The van der Waals surface area contributed by atoms with Crippen LogP contribution in [0.25, 0.3) is 0 Å². The van der Waals surface area contributed by atoms with Crippen LogP contribution in [0, 0.1) is 0 Å². The fourth-order valence-electron chi connectivity index (χ4n) is 1.80. The fraction of sp³-hybridized carbons (Fsp3) is 0.900. The summed E-state index contributed by atoms with van der Waals surface area (Å²) in [6.45, 7) is 0.689. The second kappa shape index (κ2) is 5.98. The number of amides is 1. The number of nitrogens with one attached hydrogen (secondary N) is 2. The molecule has 1 aliphatic rings. The summed E-state index contributed by atoms with van der Waals surface area (Å²) in [5.74, 6) is 0.0327. The Bertz CT molecular complexity index is 185. The third-order valence-electron chi connectivity index (χ3n) is 2.68. The van der Waals surface area contributed by atoms with E-state index in [4.69, 9.17) is 0 Å². The summed E-state index contributed by atoms with van der Waals surface area (Å²) in [5, 5.41) is 15.4. The van der Waals surface area contributed by atoms with Gasteiger partial charge in [0.1, 0.15) is 0 Å². The van der Waals surface area contributed by atoms with Gasteiger partial charge < -0.3 is 15.7 Å². The van der Waals surface area contributed by atoms with Gasteiger partial charge in [-0.05, 0) is 19.9 Å². The predicted molar refractivity (Wildman–Crippen MR) is 54.9 cm³/mol. The zero-order valence-electron chi connectivity index (χ0n) is 8.75. The van der Waals surface area contributed by atoms with E-state index < -0.39 is 0 Å². The lowest BCUT2D eigenvalue weighted by molar-refractivity contribution is -0.122. The molecule has 4 nitrogen and oxygen atoms in total. The zero-order valence-corrected chi connectivity index (χ0v) is 8.75. The van der Waals surface area contributed by atoms with Crippen LogP contribution in [0.15, 0.2) is 0 Å². The first kappa shape index (κ1) is 11.5. The SMILES string of the molecule is CNCCC(=O)N[C@@H]1CCCC[C@H]1O. The Morgan fingerprint density at radius 2 is 2.14 bits per heavy atom. The van der Waals surface area contributed by atoms with Gasteiger partial charge in [-0.1, -0.05) is 12.8 Å². The predicted octanol–water partition coefficient (Wildman–Crippen LogP) is 0.0156. The smallest absolute Gasteiger partial charge is 0.221 e. The highest BCUT2D eigenvalue weighted by Crippen LogP contribution is 2.18. The quantitative estimate of drug-likeness (QED) is 0.599. The summed E-state index contributed by atoms with van der Waals surface area (Å²) < 4.78 is 0. The van der Waals surface area contributed by atoms with Crippen LogP contribution in [-0.2, 0) is 4.79 Å². The molecule has 3 N–H and O–H groups in total. The van der Waals surface area contributed by atoms with Crippen molar-refractivity contribution in [1.82, 2.24) is 10.6 Å². The number of hydrogen-bond donors (Lipinski definition) is 3. The average Bonchev–Trinajstić information content (AvgIpc) is 2.18. The Kier molecular flexibility index (Phi) is 4.90. The van der Waals surface area contributed by atoms with Crippen LogP contribution in [0.3, 0.4) is 0 Å². The molecule has 0 heterocycles. The molecular weight excluding hydrogens is 180 g/mol. The minimum atomic E-state index is -0.345. The van der Waals surface area contributed by atoms with E-state index in [1.807, 2.05) is 7.05 Å². The molecule has 0 unspecified atom stereocenters. The van der Waals surface area contributed by atoms with Gasteiger partial charge >= 0.3 is 0 Å². The van der Waals surface area contributed by atoms with E-state index in [2.05, 4.69) is 10.6 Å². The minimum absolute atomic E-state index is 0.0203. The van der Waals surface area contributed by atoms with Gasteiger partial charge in [-0.15, -0.1) is 0 Å². The van der Waals surface area contributed by atoms with E-state index in [0.29, 0.717) is 13.0 Å². The highest BCUT2D eigenvalue weighted by atomic mass is 16.3. The van der Waals surface area contributed by atoms with Crippen LogP contribution in [0.4, 0.5) is 0 Å². The molecule has 1 saturated carbocycles. The number of aliphatic hydroxyl groups excluding tert-OH is 1. The molecule has 0 radical (unpaired) electrons. The van der Waals surface area contributed by atoms with Crippen molar-refractivity contribution in [3.8, 4) is 0 Å². The van der Waals surface area contributed by atoms with E-state index in [0.717, 1.165) is 25.7 Å². The lowest BCUT2D eigenvalue weighted by atomic mass is 9.92. The van der Waals surface area contributed by atoms with Crippen LogP contribution in [0.1, 0.15) is 32.1 Å². The van der Waals surface area contributed by atoms with Crippen molar-refractivity contribution < 1.29 is 9.90 Å². The first-order valence-electron chi connectivity index (χ1n) is 5.36. The molecule has 1 fully saturated rings. The maximum absolute atomic E-state index is 11.4. The van der Waals surface area contributed by atoms with Gasteiger partial charge in [0.2, 0.25) is 5.91 Å². The van der Waals surface area contributed by atoms with Gasteiger partial charge in [0.25, 0.3) is 0 Å². The van der Waals surface area contributed by atoms with Gasteiger partial charge in [0, 0.05) is 13.0 Å². The van der Waals surface area contributed by atoms with Crippen LogP contribution in [0.2, 0.25) is 0 Å². The highest BCUT2D eigenvalue weighted by molar-refractivity contribution is 5.76. The molecule has 2 atom stereocenters. The van der Waals surface area contributed by atoms with Crippen molar-refractivity contribution in [2.45, 2.75) is 44.2 Å². The van der Waals surface area contributed by atoms with Crippen molar-refractivity contribution in [3.63, 3.8) is 0 Å². The van der Waals surface area contributed by atoms with Gasteiger partial charge in [-0.2, -0.15) is 0 Å². The average molecular weight is 200 g/mol. The van der Waals surface area contributed by atoms with Gasteiger partial charge in [-0.25, -0.2) is 0 Å². The highest BCUT2D eigenvalue weighted by Gasteiger charge is 2.23. The molecule has 0 saturated heterocycles. The third kappa shape index (κ3) is 3.64. The molecule has 0 aromatic heterocycles. The van der Waals surface area contributed by atoms with Crippen LogP contribution < -0.4 is 10.6 Å². The molecule has 1 amide bonds. The van der Waals surface area contributed by atoms with Crippen molar-refractivity contribution in [1.29, 1.82) is 0 Å². The van der Waals surface area contributed by atoms with Gasteiger partial charge in [-0.3, -0.25) is 4.79 Å². The van der Waals surface area contributed by atoms with Gasteiger partial charge in [0.05, 0.1) is 12.1 Å². The second-order valence-electron chi connectivity index (χ2n) is 3.88. The standard InChI is InChI=1S/C10H20N2O2/c1-11-7-6-10(14)12-8-4-2-3-5-9(8)13/h8-9,11,13H,2-7H2,1H3,(H,12,14)/t8-,9-/m1/s1. The maximum atomic E-state index is 11.4. The number of carbonyl (C=O) groups is 1. The monoisotopic (exact) mass is 200 g/mol. The summed E-state index contributed by atoms with van der Waals surface area (Å²) in [6.07, 6.45) is 4.05. The Morgan fingerprint density at radius 3 is 2.79 bits per heavy atom. The van der Waals surface area contributed by atoms with E-state index >= 15 is 0 Å². The number of hydrogen-bond acceptors (Lipinski definition) is 3. The summed E-state index contributed by atoms with van der Waals surface area (Å²) in [4.78, 5) is 11.4. The van der Waals surface area contributed by atoms with E-state index in [1.54, 1.807) is 0 Å². The van der Waals surface area contributed by atoms with Crippen molar-refractivity contribution in [2.24, 2.45) is 0 Å². The fourth-order valence-corrected chi connectivity index (χ4v) is 1.80. The molecule has 82 valence electrons. The molecular formula is C10H20N2O2. The lowest BCUT2D eigenvalue weighted by Gasteiger charge is -2.28. The normalized spacial score (nSPS) is 27.3. The second-order valence-corrected chi connectivity index (χ2v) is 3.88. The summed E-state index contributed by atoms with van der Waals surface area (Å²) in [5.41, 5.74) is 0. The summed E-state index contributed by atoms with van der Waals surface area (Å²) in [7, 11) is 1.82. The first-order chi connectivity index (χ1) is 6.74. The van der Waals surface area contributed by atoms with Crippen LogP contribution in [0.5, 0.6) is 0 Å². The molecule has 14 heavy (non-hydrogen) atoms. The number of aliphatic hydroxyl groups is 1.